The Labute approximate surface area is 220 Å². The lowest BCUT2D eigenvalue weighted by Crippen LogP contribution is -2.31. The third-order valence-electron chi connectivity index (χ3n) is 7.00. The van der Waals surface area contributed by atoms with Crippen LogP contribution in [0.4, 0.5) is 4.39 Å². The Morgan fingerprint density at radius 2 is 1.79 bits per heavy atom. The number of amides is 1. The number of fused-ring (bicyclic) bond motifs is 1. The van der Waals surface area contributed by atoms with E-state index in [1.165, 1.54) is 31.3 Å². The van der Waals surface area contributed by atoms with Gasteiger partial charge in [-0.3, -0.25) is 9.59 Å². The maximum atomic E-state index is 13.4. The molecule has 0 spiro atoms. The van der Waals surface area contributed by atoms with Crippen LogP contribution < -0.4 is 14.2 Å². The molecule has 0 aliphatic carbocycles. The summed E-state index contributed by atoms with van der Waals surface area (Å²) in [6.45, 7) is 0.820. The van der Waals surface area contributed by atoms with Gasteiger partial charge in [-0.25, -0.2) is 4.39 Å². The third-order valence-corrected chi connectivity index (χ3v) is 7.00. The Bertz CT molecular complexity index is 1410. The number of hydrogen-bond acceptors (Lipinski definition) is 6. The number of methoxy groups -OCH3 is 2. The number of aryl methyl sites for hydroxylation is 1. The normalized spacial score (nSPS) is 18.2. The van der Waals surface area contributed by atoms with Crippen LogP contribution in [0, 0.1) is 5.82 Å². The SMILES string of the molecule is COc1ccc(C2/C(=C(\O)c3ccc4c(c3)CCCO4)C(=O)C(=O)N2CCc2ccc(F)cc2)cc1OC. The van der Waals surface area contributed by atoms with Crippen LogP contribution in [0.15, 0.2) is 66.2 Å². The molecule has 1 fully saturated rings. The van der Waals surface area contributed by atoms with Gasteiger partial charge in [0.05, 0.1) is 32.4 Å². The van der Waals surface area contributed by atoms with Gasteiger partial charge in [-0.05, 0) is 78.4 Å². The van der Waals surface area contributed by atoms with Gasteiger partial charge in [0.15, 0.2) is 11.5 Å². The molecule has 3 aromatic carbocycles. The van der Waals surface area contributed by atoms with Crippen molar-refractivity contribution < 1.29 is 33.3 Å². The summed E-state index contributed by atoms with van der Waals surface area (Å²) in [6.07, 6.45) is 2.05. The van der Waals surface area contributed by atoms with Crippen LogP contribution in [0.3, 0.4) is 0 Å². The molecule has 1 amide bonds. The van der Waals surface area contributed by atoms with Gasteiger partial charge >= 0.3 is 0 Å². The smallest absolute Gasteiger partial charge is 0.295 e. The van der Waals surface area contributed by atoms with Gasteiger partial charge in [-0.2, -0.15) is 0 Å². The Morgan fingerprint density at radius 3 is 2.53 bits per heavy atom. The molecule has 0 aromatic heterocycles. The Morgan fingerprint density at radius 1 is 1.03 bits per heavy atom. The number of ketones is 1. The largest absolute Gasteiger partial charge is 0.507 e. The molecule has 2 heterocycles. The first-order valence-electron chi connectivity index (χ1n) is 12.4. The Hall–Kier alpha value is -4.33. The topological polar surface area (TPSA) is 85.3 Å². The Kier molecular flexibility index (Phi) is 7.05. The first-order valence-corrected chi connectivity index (χ1v) is 12.4. The zero-order chi connectivity index (χ0) is 26.8. The van der Waals surface area contributed by atoms with Crippen molar-refractivity contribution in [3.8, 4) is 17.2 Å². The number of benzene rings is 3. The number of Topliss-reactive ketones (excluding diaryl/α,β-unsaturated/α-hetero) is 1. The van der Waals surface area contributed by atoms with Crippen LogP contribution in [-0.4, -0.2) is 49.1 Å². The quantitative estimate of drug-likeness (QED) is 0.275. The van der Waals surface area contributed by atoms with Gasteiger partial charge in [0.2, 0.25) is 0 Å². The first-order chi connectivity index (χ1) is 18.4. The van der Waals surface area contributed by atoms with E-state index in [1.807, 2.05) is 0 Å². The van der Waals surface area contributed by atoms with Crippen molar-refractivity contribution in [2.24, 2.45) is 0 Å². The number of ether oxygens (including phenoxy) is 3. The van der Waals surface area contributed by atoms with E-state index in [-0.39, 0.29) is 23.7 Å². The molecular weight excluding hydrogens is 489 g/mol. The van der Waals surface area contributed by atoms with Crippen LogP contribution in [0.25, 0.3) is 5.76 Å². The van der Waals surface area contributed by atoms with E-state index >= 15 is 0 Å². The van der Waals surface area contributed by atoms with E-state index in [4.69, 9.17) is 14.2 Å². The second-order valence-electron chi connectivity index (χ2n) is 9.26. The average molecular weight is 518 g/mol. The molecule has 2 aliphatic rings. The lowest BCUT2D eigenvalue weighted by atomic mass is 9.93. The predicted octanol–water partition coefficient (Wildman–Crippen LogP) is 4.83. The highest BCUT2D eigenvalue weighted by Gasteiger charge is 2.46. The summed E-state index contributed by atoms with van der Waals surface area (Å²) >= 11 is 0. The van der Waals surface area contributed by atoms with Crippen molar-refractivity contribution in [2.75, 3.05) is 27.4 Å². The van der Waals surface area contributed by atoms with E-state index < -0.39 is 17.7 Å². The van der Waals surface area contributed by atoms with Crippen LogP contribution >= 0.6 is 0 Å². The van der Waals surface area contributed by atoms with Crippen molar-refractivity contribution in [1.82, 2.24) is 4.90 Å². The Balaban J connectivity index is 1.59. The molecule has 1 N–H and O–H groups in total. The molecular formula is C30H28FNO6. The highest BCUT2D eigenvalue weighted by Crippen LogP contribution is 2.42. The zero-order valence-corrected chi connectivity index (χ0v) is 21.2. The van der Waals surface area contributed by atoms with Crippen molar-refractivity contribution in [3.05, 3.63) is 94.3 Å². The fourth-order valence-corrected chi connectivity index (χ4v) is 5.04. The van der Waals surface area contributed by atoms with Crippen molar-refractivity contribution in [1.29, 1.82) is 0 Å². The van der Waals surface area contributed by atoms with Gasteiger partial charge in [0.25, 0.3) is 11.7 Å². The van der Waals surface area contributed by atoms with Crippen molar-refractivity contribution in [3.63, 3.8) is 0 Å². The maximum Gasteiger partial charge on any atom is 0.295 e. The molecule has 0 saturated carbocycles. The first kappa shape index (κ1) is 25.3. The predicted molar refractivity (Wildman–Crippen MR) is 139 cm³/mol. The van der Waals surface area contributed by atoms with E-state index in [0.29, 0.717) is 35.7 Å². The summed E-state index contributed by atoms with van der Waals surface area (Å²) in [6, 6.07) is 15.6. The maximum absolute atomic E-state index is 13.4. The lowest BCUT2D eigenvalue weighted by molar-refractivity contribution is -0.139. The number of aliphatic hydroxyl groups excluding tert-OH is 1. The van der Waals surface area contributed by atoms with Crippen molar-refractivity contribution >= 4 is 17.4 Å². The molecule has 7 nitrogen and oxygen atoms in total. The van der Waals surface area contributed by atoms with Crippen LogP contribution in [-0.2, 0) is 22.4 Å². The summed E-state index contributed by atoms with van der Waals surface area (Å²) < 4.78 is 29.9. The number of aliphatic hydroxyl groups is 1. The molecule has 196 valence electrons. The summed E-state index contributed by atoms with van der Waals surface area (Å²) in [5.41, 5.74) is 2.78. The van der Waals surface area contributed by atoms with Gasteiger partial charge < -0.3 is 24.2 Å². The molecule has 38 heavy (non-hydrogen) atoms. The summed E-state index contributed by atoms with van der Waals surface area (Å²) in [4.78, 5) is 28.2. The monoisotopic (exact) mass is 517 g/mol. The third kappa shape index (κ3) is 4.69. The molecule has 1 unspecified atom stereocenters. The molecule has 0 radical (unpaired) electrons. The van der Waals surface area contributed by atoms with Crippen LogP contribution in [0.2, 0.25) is 0 Å². The van der Waals surface area contributed by atoms with E-state index in [0.717, 1.165) is 29.7 Å². The molecule has 3 aromatic rings. The fraction of sp³-hybridized carbons (Fsp3) is 0.267. The van der Waals surface area contributed by atoms with Crippen molar-refractivity contribution in [2.45, 2.75) is 25.3 Å². The number of hydrogen-bond donors (Lipinski definition) is 1. The van der Waals surface area contributed by atoms with Gasteiger partial charge in [-0.1, -0.05) is 18.2 Å². The molecule has 8 heteroatoms. The molecule has 0 bridgehead atoms. The van der Waals surface area contributed by atoms with Gasteiger partial charge in [0, 0.05) is 12.1 Å². The minimum atomic E-state index is -0.859. The number of likely N-dealkylation sites (tertiary alicyclic amines) is 1. The number of nitrogens with zero attached hydrogens (tertiary/aromatic N) is 1. The fourth-order valence-electron chi connectivity index (χ4n) is 5.04. The molecule has 5 rings (SSSR count). The van der Waals surface area contributed by atoms with E-state index in [9.17, 15) is 19.1 Å². The molecule has 1 saturated heterocycles. The standard InChI is InChI=1S/C30H28FNO6/c1-36-24-12-7-20(17-25(24)37-2)27-26(28(33)21-8-11-23-19(16-21)4-3-15-38-23)29(34)30(35)32(27)14-13-18-5-9-22(31)10-6-18/h5-12,16-17,27,33H,3-4,13-15H2,1-2H3/b28-26+. The summed E-state index contributed by atoms with van der Waals surface area (Å²) in [5, 5.41) is 11.4. The van der Waals surface area contributed by atoms with Gasteiger partial charge in [-0.15, -0.1) is 0 Å². The lowest BCUT2D eigenvalue weighted by Gasteiger charge is -2.26. The van der Waals surface area contributed by atoms with E-state index in [2.05, 4.69) is 0 Å². The molecule has 1 atom stereocenters. The zero-order valence-electron chi connectivity index (χ0n) is 21.2. The average Bonchev–Trinajstić information content (AvgIpc) is 3.20. The highest BCUT2D eigenvalue weighted by atomic mass is 19.1. The highest BCUT2D eigenvalue weighted by molar-refractivity contribution is 6.46. The minimum Gasteiger partial charge on any atom is -0.507 e. The van der Waals surface area contributed by atoms with Crippen LogP contribution in [0.5, 0.6) is 17.2 Å². The summed E-state index contributed by atoms with van der Waals surface area (Å²) in [7, 11) is 3.02. The van der Waals surface area contributed by atoms with E-state index in [1.54, 1.807) is 48.5 Å². The van der Waals surface area contributed by atoms with Gasteiger partial charge in [0.1, 0.15) is 17.3 Å². The second kappa shape index (κ2) is 10.6. The minimum absolute atomic E-state index is 0.00185. The second-order valence-corrected chi connectivity index (χ2v) is 9.26. The number of carbonyl (C=O) groups excluding carboxylic acids is 2. The molecule has 2 aliphatic heterocycles. The number of rotatable bonds is 7. The van der Waals surface area contributed by atoms with Crippen LogP contribution in [0.1, 0.15) is 34.7 Å². The number of halogens is 1. The summed E-state index contributed by atoms with van der Waals surface area (Å²) in [5.74, 6) is -0.404. The number of carbonyl (C=O) groups is 2.